The lowest BCUT2D eigenvalue weighted by Crippen LogP contribution is -2.20. The van der Waals surface area contributed by atoms with Crippen LogP contribution in [-0.2, 0) is 0 Å². The Morgan fingerprint density at radius 3 is 2.50 bits per heavy atom. The average Bonchev–Trinajstić information content (AvgIpc) is 2.45. The number of nitrogens with zero attached hydrogens (tertiary/aromatic N) is 1. The van der Waals surface area contributed by atoms with Gasteiger partial charge >= 0.3 is 0 Å². The van der Waals surface area contributed by atoms with Crippen molar-refractivity contribution < 1.29 is 4.74 Å². The number of benzene rings is 1. The second kappa shape index (κ2) is 6.25. The predicted octanol–water partition coefficient (Wildman–Crippen LogP) is 3.67. The number of aromatic nitrogens is 1. The van der Waals surface area contributed by atoms with Crippen LogP contribution in [0.5, 0.6) is 5.75 Å². The topological polar surface area (TPSA) is 34.2 Å². The van der Waals surface area contributed by atoms with Gasteiger partial charge in [-0.3, -0.25) is 4.98 Å². The van der Waals surface area contributed by atoms with Crippen molar-refractivity contribution in [2.75, 3.05) is 14.2 Å². The zero-order valence-corrected chi connectivity index (χ0v) is 13.0. The van der Waals surface area contributed by atoms with E-state index in [0.29, 0.717) is 5.02 Å². The number of pyridine rings is 1. The maximum Gasteiger partial charge on any atom is 0.122 e. The van der Waals surface area contributed by atoms with Crippen LogP contribution in [0.4, 0.5) is 0 Å². The van der Waals surface area contributed by atoms with E-state index >= 15 is 0 Å². The fourth-order valence-electron chi connectivity index (χ4n) is 2.36. The summed E-state index contributed by atoms with van der Waals surface area (Å²) >= 11 is 5.90. The predicted molar refractivity (Wildman–Crippen MR) is 82.6 cm³/mol. The molecule has 0 saturated heterocycles. The number of hydrogen-bond acceptors (Lipinski definition) is 3. The molecule has 20 heavy (non-hydrogen) atoms. The summed E-state index contributed by atoms with van der Waals surface area (Å²) in [5.74, 6) is 0.908. The van der Waals surface area contributed by atoms with Crippen molar-refractivity contribution in [3.63, 3.8) is 0 Å². The van der Waals surface area contributed by atoms with E-state index in [2.05, 4.69) is 29.4 Å². The first-order chi connectivity index (χ1) is 9.56. The highest BCUT2D eigenvalue weighted by molar-refractivity contribution is 6.30. The normalized spacial score (nSPS) is 12.2. The Hall–Kier alpha value is -1.58. The van der Waals surface area contributed by atoms with Gasteiger partial charge in [-0.05, 0) is 55.8 Å². The Morgan fingerprint density at radius 1 is 1.20 bits per heavy atom. The molecule has 0 bridgehead atoms. The van der Waals surface area contributed by atoms with Crippen molar-refractivity contribution in [2.24, 2.45) is 0 Å². The Labute approximate surface area is 124 Å². The minimum atomic E-state index is 0.0388. The Kier molecular flexibility index (Phi) is 4.63. The summed E-state index contributed by atoms with van der Waals surface area (Å²) in [5.41, 5.74) is 4.43. The van der Waals surface area contributed by atoms with E-state index in [1.165, 1.54) is 11.1 Å². The van der Waals surface area contributed by atoms with E-state index in [4.69, 9.17) is 16.3 Å². The highest BCUT2D eigenvalue weighted by atomic mass is 35.5. The number of ether oxygens (including phenoxy) is 1. The summed E-state index contributed by atoms with van der Waals surface area (Å²) < 4.78 is 5.36. The lowest BCUT2D eigenvalue weighted by molar-refractivity contribution is 0.411. The summed E-state index contributed by atoms with van der Waals surface area (Å²) in [6.07, 6.45) is 1.67. The summed E-state index contributed by atoms with van der Waals surface area (Å²) in [7, 11) is 3.62. The van der Waals surface area contributed by atoms with E-state index in [9.17, 15) is 0 Å². The molecule has 1 N–H and O–H groups in total. The number of hydrogen-bond donors (Lipinski definition) is 1. The van der Waals surface area contributed by atoms with Gasteiger partial charge in [-0.2, -0.15) is 0 Å². The average molecular weight is 291 g/mol. The second-order valence-electron chi connectivity index (χ2n) is 4.80. The molecule has 1 aromatic heterocycles. The third-order valence-electron chi connectivity index (χ3n) is 3.43. The quantitative estimate of drug-likeness (QED) is 0.933. The molecule has 3 nitrogen and oxygen atoms in total. The summed E-state index contributed by atoms with van der Waals surface area (Å²) in [6.45, 7) is 4.13. The number of methoxy groups -OCH3 is 1. The van der Waals surface area contributed by atoms with Gasteiger partial charge in [-0.15, -0.1) is 0 Å². The first-order valence-electron chi connectivity index (χ1n) is 6.50. The third-order valence-corrected chi connectivity index (χ3v) is 3.65. The van der Waals surface area contributed by atoms with Gasteiger partial charge in [0.25, 0.3) is 0 Å². The highest BCUT2D eigenvalue weighted by Gasteiger charge is 2.17. The van der Waals surface area contributed by atoms with Crippen molar-refractivity contribution in [2.45, 2.75) is 19.9 Å². The van der Waals surface area contributed by atoms with Crippen LogP contribution in [0.2, 0.25) is 5.02 Å². The van der Waals surface area contributed by atoms with Crippen molar-refractivity contribution in [1.29, 1.82) is 0 Å². The molecule has 0 aliphatic carbocycles. The van der Waals surface area contributed by atoms with Crippen molar-refractivity contribution in [1.82, 2.24) is 10.3 Å². The minimum absolute atomic E-state index is 0.0388. The van der Waals surface area contributed by atoms with Crippen LogP contribution in [0.1, 0.15) is 28.4 Å². The molecule has 0 aliphatic rings. The van der Waals surface area contributed by atoms with E-state index in [0.717, 1.165) is 17.0 Å². The number of halogens is 1. The molecule has 1 atom stereocenters. The van der Waals surface area contributed by atoms with E-state index in [1.807, 2.05) is 26.1 Å². The van der Waals surface area contributed by atoms with E-state index < -0.39 is 0 Å². The Morgan fingerprint density at radius 2 is 1.95 bits per heavy atom. The maximum atomic E-state index is 5.90. The van der Waals surface area contributed by atoms with Crippen molar-refractivity contribution in [3.05, 3.63) is 57.9 Å². The molecule has 0 radical (unpaired) electrons. The van der Waals surface area contributed by atoms with Gasteiger partial charge in [-0.1, -0.05) is 17.7 Å². The fraction of sp³-hybridized carbons (Fsp3) is 0.312. The van der Waals surface area contributed by atoms with Crippen LogP contribution in [0.25, 0.3) is 0 Å². The first kappa shape index (κ1) is 14.8. The first-order valence-corrected chi connectivity index (χ1v) is 6.88. The molecular weight excluding hydrogens is 272 g/mol. The minimum Gasteiger partial charge on any atom is -0.496 e. The summed E-state index contributed by atoms with van der Waals surface area (Å²) in [4.78, 5) is 4.41. The van der Waals surface area contributed by atoms with Gasteiger partial charge in [0.1, 0.15) is 5.75 Å². The lowest BCUT2D eigenvalue weighted by atomic mass is 9.96. The molecule has 0 fully saturated rings. The highest BCUT2D eigenvalue weighted by Crippen LogP contribution is 2.29. The molecule has 1 heterocycles. The van der Waals surface area contributed by atoms with Crippen molar-refractivity contribution in [3.8, 4) is 5.75 Å². The van der Waals surface area contributed by atoms with Gasteiger partial charge < -0.3 is 10.1 Å². The van der Waals surface area contributed by atoms with Gasteiger partial charge in [0.2, 0.25) is 0 Å². The molecule has 2 aromatic rings. The largest absolute Gasteiger partial charge is 0.496 e. The van der Waals surface area contributed by atoms with Gasteiger partial charge in [0, 0.05) is 6.20 Å². The van der Waals surface area contributed by atoms with Crippen LogP contribution < -0.4 is 10.1 Å². The number of rotatable bonds is 4. The molecule has 2 rings (SSSR count). The monoisotopic (exact) mass is 290 g/mol. The van der Waals surface area contributed by atoms with Crippen LogP contribution in [-0.4, -0.2) is 19.1 Å². The summed E-state index contributed by atoms with van der Waals surface area (Å²) in [6, 6.07) is 8.05. The summed E-state index contributed by atoms with van der Waals surface area (Å²) in [5, 5.41) is 3.96. The molecule has 106 valence electrons. The maximum absolute atomic E-state index is 5.90. The van der Waals surface area contributed by atoms with Gasteiger partial charge in [-0.25, -0.2) is 0 Å². The standard InChI is InChI=1S/C16H19ClN2O/c1-10-8-15(20-4)11(2)7-13(10)16(18-3)14-6-5-12(17)9-19-14/h5-9,16,18H,1-4H3. The Bertz CT molecular complexity index is 596. The molecular formula is C16H19ClN2O. The molecule has 0 amide bonds. The number of nitrogens with one attached hydrogen (secondary N) is 1. The Balaban J connectivity index is 2.46. The smallest absolute Gasteiger partial charge is 0.122 e. The van der Waals surface area contributed by atoms with Crippen molar-refractivity contribution >= 4 is 11.6 Å². The SMILES string of the molecule is CNC(c1ccc(Cl)cn1)c1cc(C)c(OC)cc1C. The molecule has 0 aliphatic heterocycles. The third kappa shape index (κ3) is 2.94. The van der Waals surface area contributed by atoms with Crippen LogP contribution >= 0.6 is 11.6 Å². The fourth-order valence-corrected chi connectivity index (χ4v) is 2.48. The van der Waals surface area contributed by atoms with Gasteiger partial charge in [0.15, 0.2) is 0 Å². The second-order valence-corrected chi connectivity index (χ2v) is 5.24. The van der Waals surface area contributed by atoms with E-state index in [1.54, 1.807) is 13.3 Å². The van der Waals surface area contributed by atoms with Gasteiger partial charge in [0.05, 0.1) is 23.9 Å². The number of aryl methyl sites for hydroxylation is 2. The molecule has 1 aromatic carbocycles. The van der Waals surface area contributed by atoms with Crippen LogP contribution in [0.15, 0.2) is 30.5 Å². The molecule has 1 unspecified atom stereocenters. The molecule has 0 saturated carbocycles. The zero-order chi connectivity index (χ0) is 14.7. The molecule has 0 spiro atoms. The van der Waals surface area contributed by atoms with Crippen LogP contribution in [0.3, 0.4) is 0 Å². The zero-order valence-electron chi connectivity index (χ0n) is 12.2. The van der Waals surface area contributed by atoms with E-state index in [-0.39, 0.29) is 6.04 Å². The molecule has 4 heteroatoms. The lowest BCUT2D eigenvalue weighted by Gasteiger charge is -2.20. The van der Waals surface area contributed by atoms with Crippen LogP contribution in [0, 0.1) is 13.8 Å².